The summed E-state index contributed by atoms with van der Waals surface area (Å²) in [6, 6.07) is 18.2. The summed E-state index contributed by atoms with van der Waals surface area (Å²) in [7, 11) is 5.48. The molecule has 33 heavy (non-hydrogen) atoms. The predicted octanol–water partition coefficient (Wildman–Crippen LogP) is 4.39. The van der Waals surface area contributed by atoms with Crippen LogP contribution in [-0.4, -0.2) is 68.8 Å². The van der Waals surface area contributed by atoms with E-state index in [1.165, 1.54) is 5.56 Å². The standard InChI is InChI=1S/C28H36N2O3/c1-5-15-30-16-14-28(22-12-9-13-24(17-22)32-3)19-23(18-26(33-4)25(28)20-30)29(2)27(31)21-10-7-6-8-11-21/h5-13,17,23,25-26H,1,14-16,18-20H2,2-4H3/t23-,25-,26?,28-/m0/s1. The quantitative estimate of drug-likeness (QED) is 0.589. The van der Waals surface area contributed by atoms with Crippen molar-refractivity contribution >= 4 is 5.91 Å². The van der Waals surface area contributed by atoms with E-state index in [9.17, 15) is 4.79 Å². The lowest BCUT2D eigenvalue weighted by Gasteiger charge is -2.56. The molecule has 2 aliphatic rings. The number of ether oxygens (including phenoxy) is 2. The van der Waals surface area contributed by atoms with Crippen molar-refractivity contribution in [1.82, 2.24) is 9.80 Å². The lowest BCUT2D eigenvalue weighted by Crippen LogP contribution is -2.61. The Bertz CT molecular complexity index is 963. The molecule has 5 nitrogen and oxygen atoms in total. The number of amides is 1. The maximum atomic E-state index is 13.3. The van der Waals surface area contributed by atoms with Crippen LogP contribution in [0.1, 0.15) is 35.2 Å². The zero-order valence-corrected chi connectivity index (χ0v) is 20.1. The number of hydrogen-bond donors (Lipinski definition) is 0. The Labute approximate surface area is 198 Å². The fourth-order valence-electron chi connectivity index (χ4n) is 6.01. The van der Waals surface area contributed by atoms with Crippen LogP contribution in [0.5, 0.6) is 5.75 Å². The summed E-state index contributed by atoms with van der Waals surface area (Å²) in [5, 5.41) is 0. The molecule has 2 fully saturated rings. The number of carbonyl (C=O) groups excluding carboxylic acids is 1. The molecule has 2 aromatic rings. The van der Waals surface area contributed by atoms with Gasteiger partial charge < -0.3 is 14.4 Å². The average molecular weight is 449 g/mol. The minimum Gasteiger partial charge on any atom is -0.497 e. The lowest BCUT2D eigenvalue weighted by atomic mass is 9.56. The van der Waals surface area contributed by atoms with E-state index in [0.29, 0.717) is 5.92 Å². The van der Waals surface area contributed by atoms with Crippen LogP contribution >= 0.6 is 0 Å². The second kappa shape index (κ2) is 10.1. The first-order valence-electron chi connectivity index (χ1n) is 11.8. The van der Waals surface area contributed by atoms with E-state index in [4.69, 9.17) is 9.47 Å². The number of likely N-dealkylation sites (tertiary alicyclic amines) is 1. The minimum atomic E-state index is -0.0823. The molecule has 2 aromatic carbocycles. The highest BCUT2D eigenvalue weighted by Gasteiger charge is 2.53. The Morgan fingerprint density at radius 1 is 1.21 bits per heavy atom. The average Bonchev–Trinajstić information content (AvgIpc) is 2.87. The third-order valence-corrected chi connectivity index (χ3v) is 7.82. The molecule has 176 valence electrons. The molecule has 0 N–H and O–H groups in total. The molecule has 0 radical (unpaired) electrons. The number of rotatable bonds is 7. The number of carbonyl (C=O) groups is 1. The van der Waals surface area contributed by atoms with Gasteiger partial charge in [0.15, 0.2) is 0 Å². The Kier molecular flexibility index (Phi) is 7.20. The van der Waals surface area contributed by atoms with Gasteiger partial charge in [-0.25, -0.2) is 0 Å². The van der Waals surface area contributed by atoms with Crippen LogP contribution in [0, 0.1) is 5.92 Å². The molecule has 1 saturated carbocycles. The van der Waals surface area contributed by atoms with Crippen molar-refractivity contribution in [2.75, 3.05) is 40.9 Å². The third-order valence-electron chi connectivity index (χ3n) is 7.82. The molecule has 0 spiro atoms. The molecule has 1 saturated heterocycles. The van der Waals surface area contributed by atoms with E-state index >= 15 is 0 Å². The lowest BCUT2D eigenvalue weighted by molar-refractivity contribution is -0.0772. The largest absolute Gasteiger partial charge is 0.497 e. The first kappa shape index (κ1) is 23.5. The van der Waals surface area contributed by atoms with Crippen molar-refractivity contribution in [2.24, 2.45) is 5.92 Å². The topological polar surface area (TPSA) is 42.0 Å². The van der Waals surface area contributed by atoms with Crippen molar-refractivity contribution in [1.29, 1.82) is 0 Å². The first-order valence-corrected chi connectivity index (χ1v) is 11.8. The Balaban J connectivity index is 1.71. The van der Waals surface area contributed by atoms with E-state index in [1.807, 2.05) is 61.5 Å². The van der Waals surface area contributed by atoms with Crippen LogP contribution in [0.4, 0.5) is 0 Å². The molecule has 1 aliphatic heterocycles. The van der Waals surface area contributed by atoms with Crippen molar-refractivity contribution in [3.05, 3.63) is 78.4 Å². The van der Waals surface area contributed by atoms with Crippen LogP contribution in [0.3, 0.4) is 0 Å². The summed E-state index contributed by atoms with van der Waals surface area (Å²) in [6.07, 6.45) is 4.82. The predicted molar refractivity (Wildman–Crippen MR) is 132 cm³/mol. The van der Waals surface area contributed by atoms with Gasteiger partial charge in [0.1, 0.15) is 5.75 Å². The van der Waals surface area contributed by atoms with Gasteiger partial charge in [-0.15, -0.1) is 6.58 Å². The van der Waals surface area contributed by atoms with E-state index in [0.717, 1.165) is 50.2 Å². The normalized spacial score (nSPS) is 27.4. The van der Waals surface area contributed by atoms with Gasteiger partial charge in [0, 0.05) is 50.2 Å². The molecular weight excluding hydrogens is 412 g/mol. The van der Waals surface area contributed by atoms with Gasteiger partial charge in [-0.05, 0) is 55.6 Å². The third kappa shape index (κ3) is 4.57. The molecule has 0 aromatic heterocycles. The second-order valence-electron chi connectivity index (χ2n) is 9.44. The van der Waals surface area contributed by atoms with E-state index in [-0.39, 0.29) is 23.5 Å². The highest BCUT2D eigenvalue weighted by molar-refractivity contribution is 5.94. The minimum absolute atomic E-state index is 0.0635. The SMILES string of the molecule is C=CCN1CC[C@@]2(c3cccc(OC)c3)C[C@@H](N(C)C(=O)c3ccccc3)CC(OC)[C@@H]2C1. The van der Waals surface area contributed by atoms with Crippen molar-refractivity contribution < 1.29 is 14.3 Å². The van der Waals surface area contributed by atoms with E-state index in [2.05, 4.69) is 29.7 Å². The van der Waals surface area contributed by atoms with Crippen molar-refractivity contribution in [3.8, 4) is 5.75 Å². The summed E-state index contributed by atoms with van der Waals surface area (Å²) in [5.74, 6) is 1.28. The molecule has 1 amide bonds. The molecule has 4 atom stereocenters. The van der Waals surface area contributed by atoms with E-state index in [1.54, 1.807) is 7.11 Å². The van der Waals surface area contributed by atoms with Crippen LogP contribution in [0.25, 0.3) is 0 Å². The van der Waals surface area contributed by atoms with Crippen LogP contribution < -0.4 is 4.74 Å². The van der Waals surface area contributed by atoms with Gasteiger partial charge in [-0.2, -0.15) is 0 Å². The number of fused-ring (bicyclic) bond motifs is 1. The Morgan fingerprint density at radius 2 is 2.00 bits per heavy atom. The fourth-order valence-corrected chi connectivity index (χ4v) is 6.01. The summed E-state index contributed by atoms with van der Waals surface area (Å²) in [5.41, 5.74) is 1.94. The Morgan fingerprint density at radius 3 is 2.70 bits per heavy atom. The number of methoxy groups -OCH3 is 2. The number of nitrogens with zero attached hydrogens (tertiary/aromatic N) is 2. The molecule has 4 rings (SSSR count). The Hall–Kier alpha value is -2.63. The molecule has 0 bridgehead atoms. The number of hydrogen-bond acceptors (Lipinski definition) is 4. The monoisotopic (exact) mass is 448 g/mol. The smallest absolute Gasteiger partial charge is 0.253 e. The van der Waals surface area contributed by atoms with Crippen LogP contribution in [0.15, 0.2) is 67.3 Å². The molecular formula is C28H36N2O3. The van der Waals surface area contributed by atoms with Crippen LogP contribution in [0.2, 0.25) is 0 Å². The summed E-state index contributed by atoms with van der Waals surface area (Å²) >= 11 is 0. The summed E-state index contributed by atoms with van der Waals surface area (Å²) < 4.78 is 11.7. The number of piperidine rings is 1. The molecule has 1 aliphatic carbocycles. The maximum absolute atomic E-state index is 13.3. The highest BCUT2D eigenvalue weighted by atomic mass is 16.5. The highest BCUT2D eigenvalue weighted by Crippen LogP contribution is 2.51. The van der Waals surface area contributed by atoms with Gasteiger partial charge >= 0.3 is 0 Å². The fraction of sp³-hybridized carbons (Fsp3) is 0.464. The van der Waals surface area contributed by atoms with Crippen LogP contribution in [-0.2, 0) is 10.2 Å². The van der Waals surface area contributed by atoms with Gasteiger partial charge in [-0.3, -0.25) is 9.69 Å². The van der Waals surface area contributed by atoms with Gasteiger partial charge in [0.25, 0.3) is 5.91 Å². The molecule has 1 unspecified atom stereocenters. The van der Waals surface area contributed by atoms with Gasteiger partial charge in [-0.1, -0.05) is 36.4 Å². The second-order valence-corrected chi connectivity index (χ2v) is 9.44. The zero-order valence-electron chi connectivity index (χ0n) is 20.1. The summed E-state index contributed by atoms with van der Waals surface area (Å²) in [4.78, 5) is 17.7. The van der Waals surface area contributed by atoms with E-state index < -0.39 is 0 Å². The zero-order chi connectivity index (χ0) is 23.4. The van der Waals surface area contributed by atoms with Gasteiger partial charge in [0.05, 0.1) is 13.2 Å². The summed E-state index contributed by atoms with van der Waals surface area (Å²) in [6.45, 7) is 6.79. The van der Waals surface area contributed by atoms with Crippen molar-refractivity contribution in [3.63, 3.8) is 0 Å². The van der Waals surface area contributed by atoms with Crippen molar-refractivity contribution in [2.45, 2.75) is 36.8 Å². The van der Waals surface area contributed by atoms with Gasteiger partial charge in [0.2, 0.25) is 0 Å². The maximum Gasteiger partial charge on any atom is 0.253 e. The molecule has 5 heteroatoms. The first-order chi connectivity index (χ1) is 16.0. The molecule has 1 heterocycles. The number of benzene rings is 2.